The minimum absolute atomic E-state index is 0.0184. The summed E-state index contributed by atoms with van der Waals surface area (Å²) in [7, 11) is 3.95. The zero-order valence-corrected chi connectivity index (χ0v) is 19.9. The second-order valence-corrected chi connectivity index (χ2v) is 8.48. The van der Waals surface area contributed by atoms with E-state index in [1.807, 2.05) is 37.9 Å². The first-order chi connectivity index (χ1) is 16.1. The molecule has 34 heavy (non-hydrogen) atoms. The van der Waals surface area contributed by atoms with Crippen molar-refractivity contribution in [1.29, 1.82) is 0 Å². The average molecular weight is 477 g/mol. The number of likely N-dealkylation sites (tertiary alicyclic amines) is 1. The van der Waals surface area contributed by atoms with Gasteiger partial charge in [0.05, 0.1) is 5.69 Å². The molecule has 184 valence electrons. The van der Waals surface area contributed by atoms with Crippen LogP contribution in [0, 0.1) is 0 Å². The van der Waals surface area contributed by atoms with Crippen LogP contribution in [0.4, 0.5) is 24.5 Å². The van der Waals surface area contributed by atoms with Gasteiger partial charge in [0.25, 0.3) is 5.91 Å². The van der Waals surface area contributed by atoms with Crippen LogP contribution in [0.3, 0.4) is 0 Å². The Morgan fingerprint density at radius 1 is 1.18 bits per heavy atom. The fraction of sp³-hybridized carbons (Fsp3) is 0.440. The quantitative estimate of drug-likeness (QED) is 0.550. The van der Waals surface area contributed by atoms with E-state index >= 15 is 0 Å². The smallest absolute Gasteiger partial charge is 0.406 e. The zero-order valence-electron chi connectivity index (χ0n) is 19.9. The van der Waals surface area contributed by atoms with Gasteiger partial charge in [0.15, 0.2) is 0 Å². The summed E-state index contributed by atoms with van der Waals surface area (Å²) >= 11 is 0. The largest absolute Gasteiger partial charge is 0.573 e. The van der Waals surface area contributed by atoms with E-state index in [0.717, 1.165) is 37.2 Å². The van der Waals surface area contributed by atoms with Gasteiger partial charge in [0.2, 0.25) is 0 Å². The number of amides is 1. The summed E-state index contributed by atoms with van der Waals surface area (Å²) in [6.07, 6.45) is -2.83. The minimum atomic E-state index is -4.73. The number of hydrogen-bond acceptors (Lipinski definition) is 5. The van der Waals surface area contributed by atoms with Gasteiger partial charge in [-0.3, -0.25) is 9.79 Å². The first-order valence-corrected chi connectivity index (χ1v) is 11.3. The number of nitrogens with zero attached hydrogens (tertiary/aromatic N) is 3. The van der Waals surface area contributed by atoms with Gasteiger partial charge in [-0.1, -0.05) is 6.07 Å². The van der Waals surface area contributed by atoms with E-state index in [9.17, 15) is 18.0 Å². The van der Waals surface area contributed by atoms with E-state index in [1.165, 1.54) is 24.3 Å². The number of hydrogen-bond donors (Lipinski definition) is 1. The van der Waals surface area contributed by atoms with Crippen molar-refractivity contribution in [2.75, 3.05) is 39.0 Å². The van der Waals surface area contributed by atoms with Crippen molar-refractivity contribution in [3.63, 3.8) is 0 Å². The van der Waals surface area contributed by atoms with Gasteiger partial charge in [0.1, 0.15) is 5.75 Å². The molecule has 0 spiro atoms. The Hall–Kier alpha value is -3.07. The van der Waals surface area contributed by atoms with Crippen molar-refractivity contribution in [3.8, 4) is 5.75 Å². The van der Waals surface area contributed by atoms with Crippen LogP contribution < -0.4 is 10.1 Å². The number of halogens is 3. The van der Waals surface area contributed by atoms with Crippen LogP contribution in [0.1, 0.15) is 42.6 Å². The molecule has 0 atom stereocenters. The average Bonchev–Trinajstić information content (AvgIpc) is 2.79. The topological polar surface area (TPSA) is 57.2 Å². The molecule has 2 aromatic carbocycles. The first kappa shape index (κ1) is 25.6. The maximum atomic E-state index is 13.1. The molecule has 1 heterocycles. The zero-order chi connectivity index (χ0) is 24.9. The van der Waals surface area contributed by atoms with E-state index in [0.29, 0.717) is 23.5 Å². The summed E-state index contributed by atoms with van der Waals surface area (Å²) in [5.41, 5.74) is 3.36. The summed E-state index contributed by atoms with van der Waals surface area (Å²) in [5.74, 6) is -0.316. The molecule has 1 fully saturated rings. The van der Waals surface area contributed by atoms with Gasteiger partial charge in [-0.15, -0.1) is 13.2 Å². The highest BCUT2D eigenvalue weighted by Gasteiger charge is 2.31. The maximum absolute atomic E-state index is 13.1. The highest BCUT2D eigenvalue weighted by molar-refractivity contribution is 6.06. The lowest BCUT2D eigenvalue weighted by molar-refractivity contribution is -0.274. The molecule has 1 aliphatic heterocycles. The third-order valence-electron chi connectivity index (χ3n) is 5.95. The molecule has 0 saturated carbocycles. The van der Waals surface area contributed by atoms with E-state index < -0.39 is 6.36 Å². The molecule has 0 unspecified atom stereocenters. The van der Waals surface area contributed by atoms with Crippen molar-refractivity contribution in [2.24, 2.45) is 4.99 Å². The molecule has 2 aromatic rings. The molecular weight excluding hydrogens is 445 g/mol. The Morgan fingerprint density at radius 3 is 2.41 bits per heavy atom. The fourth-order valence-corrected chi connectivity index (χ4v) is 4.06. The highest BCUT2D eigenvalue weighted by Crippen LogP contribution is 2.27. The standard InChI is InChI=1S/C25H31F3N4O2/c1-5-29-23-16-18(24(33)32(4)20-12-14-31(3)15-13-20)6-11-22(23)17(2)30-19-7-9-21(10-8-19)34-25(26,27)28/h6-11,16,20,29H,5,12-15H2,1-4H3. The molecule has 0 radical (unpaired) electrons. The Kier molecular flexibility index (Phi) is 8.19. The molecule has 1 aliphatic rings. The third-order valence-corrected chi connectivity index (χ3v) is 5.95. The highest BCUT2D eigenvalue weighted by atomic mass is 19.4. The Labute approximate surface area is 198 Å². The Balaban J connectivity index is 1.79. The van der Waals surface area contributed by atoms with Crippen LogP contribution in [-0.2, 0) is 0 Å². The molecule has 1 amide bonds. The lowest BCUT2D eigenvalue weighted by Crippen LogP contribution is -2.44. The molecule has 6 nitrogen and oxygen atoms in total. The summed E-state index contributed by atoms with van der Waals surface area (Å²) in [5, 5.41) is 3.29. The minimum Gasteiger partial charge on any atom is -0.406 e. The number of benzene rings is 2. The molecule has 3 rings (SSSR count). The second kappa shape index (κ2) is 10.9. The number of carbonyl (C=O) groups excluding carboxylic acids is 1. The predicted molar refractivity (Wildman–Crippen MR) is 128 cm³/mol. The van der Waals surface area contributed by atoms with Gasteiger partial charge in [-0.2, -0.15) is 0 Å². The molecule has 0 aliphatic carbocycles. The molecule has 9 heteroatoms. The lowest BCUT2D eigenvalue weighted by atomic mass is 10.0. The first-order valence-electron chi connectivity index (χ1n) is 11.3. The van der Waals surface area contributed by atoms with Crippen LogP contribution in [0.25, 0.3) is 0 Å². The summed E-state index contributed by atoms with van der Waals surface area (Å²) in [4.78, 5) is 21.8. The van der Waals surface area contributed by atoms with Gasteiger partial charge >= 0.3 is 6.36 Å². The Bertz CT molecular complexity index is 1010. The van der Waals surface area contributed by atoms with Crippen LogP contribution in [0.5, 0.6) is 5.75 Å². The molecule has 1 N–H and O–H groups in total. The normalized spacial score (nSPS) is 15.8. The third kappa shape index (κ3) is 6.72. The number of carbonyl (C=O) groups is 1. The van der Waals surface area contributed by atoms with Gasteiger partial charge < -0.3 is 19.9 Å². The summed E-state index contributed by atoms with van der Waals surface area (Å²) < 4.78 is 41.0. The number of rotatable bonds is 7. The Morgan fingerprint density at radius 2 is 1.82 bits per heavy atom. The number of anilines is 1. The molecule has 0 bridgehead atoms. The monoisotopic (exact) mass is 476 g/mol. The number of nitrogens with one attached hydrogen (secondary N) is 1. The van der Waals surface area contributed by atoms with E-state index in [1.54, 1.807) is 6.07 Å². The van der Waals surface area contributed by atoms with Crippen LogP contribution >= 0.6 is 0 Å². The lowest BCUT2D eigenvalue weighted by Gasteiger charge is -2.35. The number of piperidine rings is 1. The van der Waals surface area contributed by atoms with Crippen molar-refractivity contribution in [2.45, 2.75) is 39.1 Å². The van der Waals surface area contributed by atoms with Crippen molar-refractivity contribution < 1.29 is 22.7 Å². The van der Waals surface area contributed by atoms with E-state index in [4.69, 9.17) is 0 Å². The van der Waals surface area contributed by atoms with Gasteiger partial charge in [0, 0.05) is 42.2 Å². The van der Waals surface area contributed by atoms with Crippen molar-refractivity contribution >= 4 is 23.0 Å². The molecular formula is C25H31F3N4O2. The fourth-order valence-electron chi connectivity index (χ4n) is 4.06. The van der Waals surface area contributed by atoms with E-state index in [-0.39, 0.29) is 17.7 Å². The van der Waals surface area contributed by atoms with Gasteiger partial charge in [-0.05, 0) is 83.2 Å². The number of alkyl halides is 3. The maximum Gasteiger partial charge on any atom is 0.573 e. The predicted octanol–water partition coefficient (Wildman–Crippen LogP) is 5.32. The molecule has 1 saturated heterocycles. The SMILES string of the molecule is CCNc1cc(C(=O)N(C)C2CCN(C)CC2)ccc1C(C)=Nc1ccc(OC(F)(F)F)cc1. The van der Waals surface area contributed by atoms with Crippen LogP contribution in [0.2, 0.25) is 0 Å². The van der Waals surface area contributed by atoms with E-state index in [2.05, 4.69) is 27.0 Å². The second-order valence-electron chi connectivity index (χ2n) is 8.48. The van der Waals surface area contributed by atoms with Crippen molar-refractivity contribution in [3.05, 3.63) is 53.6 Å². The number of ether oxygens (including phenoxy) is 1. The van der Waals surface area contributed by atoms with Crippen LogP contribution in [0.15, 0.2) is 47.5 Å². The van der Waals surface area contributed by atoms with Crippen molar-refractivity contribution in [1.82, 2.24) is 9.80 Å². The summed E-state index contributed by atoms with van der Waals surface area (Å²) in [6, 6.07) is 11.1. The van der Waals surface area contributed by atoms with Crippen LogP contribution in [-0.4, -0.2) is 67.6 Å². The number of aliphatic imine (C=N–C) groups is 1. The summed E-state index contributed by atoms with van der Waals surface area (Å²) in [6.45, 7) is 6.40. The van der Waals surface area contributed by atoms with Gasteiger partial charge in [-0.25, -0.2) is 0 Å². The molecule has 0 aromatic heterocycles.